The maximum absolute atomic E-state index is 11.9. The van der Waals surface area contributed by atoms with Crippen molar-refractivity contribution in [2.45, 2.75) is 25.4 Å². The van der Waals surface area contributed by atoms with Crippen molar-refractivity contribution in [2.75, 3.05) is 23.5 Å². The van der Waals surface area contributed by atoms with Gasteiger partial charge >= 0.3 is 5.97 Å². The fourth-order valence-corrected chi connectivity index (χ4v) is 2.45. The smallest absolute Gasteiger partial charge is 0.338 e. The van der Waals surface area contributed by atoms with Gasteiger partial charge in [0.1, 0.15) is 5.82 Å². The summed E-state index contributed by atoms with van der Waals surface area (Å²) in [6, 6.07) is 6.53. The molecule has 0 aliphatic carbocycles. The molecule has 1 amide bonds. The Balaban J connectivity index is 1.85. The van der Waals surface area contributed by atoms with Crippen LogP contribution in [0.5, 0.6) is 0 Å². The molecule has 0 saturated carbocycles. The largest absolute Gasteiger partial charge is 0.462 e. The van der Waals surface area contributed by atoms with Crippen LogP contribution in [0.2, 0.25) is 0 Å². The second-order valence-corrected chi connectivity index (χ2v) is 5.89. The lowest BCUT2D eigenvalue weighted by molar-refractivity contribution is -0.113. The van der Waals surface area contributed by atoms with Crippen molar-refractivity contribution >= 4 is 29.3 Å². The lowest BCUT2D eigenvalue weighted by Crippen LogP contribution is -2.16. The Kier molecular flexibility index (Phi) is 6.19. The van der Waals surface area contributed by atoms with Gasteiger partial charge in [-0.15, -0.1) is 10.2 Å². The van der Waals surface area contributed by atoms with Crippen molar-refractivity contribution in [3.05, 3.63) is 35.7 Å². The minimum Gasteiger partial charge on any atom is -0.462 e. The lowest BCUT2D eigenvalue weighted by atomic mass is 10.2. The van der Waals surface area contributed by atoms with Crippen LogP contribution in [0.3, 0.4) is 0 Å². The van der Waals surface area contributed by atoms with Gasteiger partial charge in [-0.1, -0.05) is 18.7 Å². The molecule has 0 bridgehead atoms. The van der Waals surface area contributed by atoms with Gasteiger partial charge in [-0.25, -0.2) is 9.47 Å². The van der Waals surface area contributed by atoms with Crippen LogP contribution in [0, 0.1) is 6.92 Å². The first kappa shape index (κ1) is 17.8. The zero-order valence-corrected chi connectivity index (χ0v) is 14.3. The van der Waals surface area contributed by atoms with E-state index in [1.54, 1.807) is 31.2 Å². The number of nitrogens with two attached hydrogens (primary N) is 1. The summed E-state index contributed by atoms with van der Waals surface area (Å²) in [7, 11) is 0. The molecular formula is C15H19N5O3S. The third-order valence-electron chi connectivity index (χ3n) is 3.01. The highest BCUT2D eigenvalue weighted by Gasteiger charge is 2.11. The summed E-state index contributed by atoms with van der Waals surface area (Å²) in [6.07, 6.45) is 0.771. The number of hydrogen-bond donors (Lipinski definition) is 2. The molecule has 1 aromatic carbocycles. The topological polar surface area (TPSA) is 112 Å². The number of hydrogen-bond acceptors (Lipinski definition) is 7. The number of anilines is 1. The van der Waals surface area contributed by atoms with Crippen LogP contribution >= 0.6 is 11.8 Å². The molecule has 3 N–H and O–H groups in total. The van der Waals surface area contributed by atoms with Crippen LogP contribution in [0.25, 0.3) is 0 Å². The van der Waals surface area contributed by atoms with Crippen molar-refractivity contribution in [1.29, 1.82) is 0 Å². The van der Waals surface area contributed by atoms with E-state index in [-0.39, 0.29) is 17.6 Å². The highest BCUT2D eigenvalue weighted by molar-refractivity contribution is 7.99. The molecule has 9 heteroatoms. The van der Waals surface area contributed by atoms with Gasteiger partial charge in [0.15, 0.2) is 0 Å². The van der Waals surface area contributed by atoms with Crippen LogP contribution in [0.4, 0.5) is 5.69 Å². The fourth-order valence-electron chi connectivity index (χ4n) is 1.74. The molecule has 8 nitrogen and oxygen atoms in total. The molecule has 128 valence electrons. The predicted molar refractivity (Wildman–Crippen MR) is 91.3 cm³/mol. The normalized spacial score (nSPS) is 10.4. The van der Waals surface area contributed by atoms with Gasteiger partial charge in [-0.3, -0.25) is 4.79 Å². The molecule has 0 spiro atoms. The Hall–Kier alpha value is -2.55. The van der Waals surface area contributed by atoms with Crippen LogP contribution in [-0.2, 0) is 9.53 Å². The van der Waals surface area contributed by atoms with Gasteiger partial charge < -0.3 is 15.9 Å². The van der Waals surface area contributed by atoms with Gasteiger partial charge in [0.05, 0.1) is 17.9 Å². The molecular weight excluding hydrogens is 330 g/mol. The lowest BCUT2D eigenvalue weighted by Gasteiger charge is -2.07. The molecule has 2 aromatic rings. The Morgan fingerprint density at radius 2 is 2.00 bits per heavy atom. The predicted octanol–water partition coefficient (Wildman–Crippen LogP) is 1.60. The van der Waals surface area contributed by atoms with Gasteiger partial charge in [-0.2, -0.15) is 0 Å². The molecule has 0 fully saturated rings. The maximum atomic E-state index is 11.9. The summed E-state index contributed by atoms with van der Waals surface area (Å²) in [4.78, 5) is 23.6. The van der Waals surface area contributed by atoms with Crippen LogP contribution in [-0.4, -0.2) is 39.1 Å². The molecule has 1 heterocycles. The molecule has 0 unspecified atom stereocenters. The van der Waals surface area contributed by atoms with Crippen molar-refractivity contribution in [1.82, 2.24) is 14.9 Å². The van der Waals surface area contributed by atoms with E-state index in [1.807, 2.05) is 6.92 Å². The van der Waals surface area contributed by atoms with Crippen molar-refractivity contribution in [2.24, 2.45) is 0 Å². The number of nitrogens with zero attached hydrogens (tertiary/aromatic N) is 3. The number of aromatic nitrogens is 3. The number of carbonyl (C=O) groups excluding carboxylic acids is 2. The van der Waals surface area contributed by atoms with Crippen molar-refractivity contribution in [3.8, 4) is 0 Å². The number of nitrogens with one attached hydrogen (secondary N) is 1. The summed E-state index contributed by atoms with van der Waals surface area (Å²) in [5.74, 6) is 5.86. The third kappa shape index (κ3) is 4.72. The molecule has 0 aliphatic heterocycles. The number of aryl methyl sites for hydroxylation is 1. The highest BCUT2D eigenvalue weighted by atomic mass is 32.2. The second-order valence-electron chi connectivity index (χ2n) is 4.95. The Labute approximate surface area is 143 Å². The summed E-state index contributed by atoms with van der Waals surface area (Å²) in [5, 5.41) is 10.9. The third-order valence-corrected chi connectivity index (χ3v) is 3.95. The van der Waals surface area contributed by atoms with Crippen molar-refractivity contribution < 1.29 is 14.3 Å². The van der Waals surface area contributed by atoms with Crippen LogP contribution < -0.4 is 11.2 Å². The number of esters is 1. The number of nitrogen functional groups attached to an aromatic ring is 1. The Bertz CT molecular complexity index is 714. The molecule has 0 aliphatic rings. The first-order valence-electron chi connectivity index (χ1n) is 7.38. The minimum absolute atomic E-state index is 0.148. The Morgan fingerprint density at radius 3 is 2.58 bits per heavy atom. The molecule has 0 atom stereocenters. The standard InChI is InChI=1S/C15H19N5O3S/c1-3-8-23-14(22)11-4-6-12(7-5-11)17-13(21)9-24-15-19-18-10(2)20(15)16/h4-7H,3,8-9,16H2,1-2H3,(H,17,21). The molecule has 1 aromatic heterocycles. The number of thioether (sulfide) groups is 1. The molecule has 0 radical (unpaired) electrons. The Morgan fingerprint density at radius 1 is 1.29 bits per heavy atom. The van der Waals surface area contributed by atoms with E-state index in [1.165, 1.54) is 16.4 Å². The minimum atomic E-state index is -0.372. The quantitative estimate of drug-likeness (QED) is 0.443. The average Bonchev–Trinajstić information content (AvgIpc) is 2.90. The summed E-state index contributed by atoms with van der Waals surface area (Å²) in [6.45, 7) is 4.04. The summed E-state index contributed by atoms with van der Waals surface area (Å²) < 4.78 is 6.37. The summed E-state index contributed by atoms with van der Waals surface area (Å²) in [5.41, 5.74) is 1.04. The van der Waals surface area contributed by atoms with E-state index >= 15 is 0 Å². The van der Waals surface area contributed by atoms with Crippen LogP contribution in [0.1, 0.15) is 29.5 Å². The number of benzene rings is 1. The molecule has 24 heavy (non-hydrogen) atoms. The van der Waals surface area contributed by atoms with E-state index in [4.69, 9.17) is 10.6 Å². The van der Waals surface area contributed by atoms with E-state index in [0.29, 0.717) is 28.8 Å². The second kappa shape index (κ2) is 8.34. The van der Waals surface area contributed by atoms with Gasteiger partial charge in [-0.05, 0) is 37.6 Å². The molecule has 2 rings (SSSR count). The number of rotatable bonds is 7. The maximum Gasteiger partial charge on any atom is 0.338 e. The highest BCUT2D eigenvalue weighted by Crippen LogP contribution is 2.15. The number of carbonyl (C=O) groups is 2. The van der Waals surface area contributed by atoms with Crippen molar-refractivity contribution in [3.63, 3.8) is 0 Å². The summed E-state index contributed by atoms with van der Waals surface area (Å²) >= 11 is 1.19. The average molecular weight is 349 g/mol. The SMILES string of the molecule is CCCOC(=O)c1ccc(NC(=O)CSc2nnc(C)n2N)cc1. The zero-order valence-electron chi connectivity index (χ0n) is 13.5. The van der Waals surface area contributed by atoms with E-state index in [9.17, 15) is 9.59 Å². The number of ether oxygens (including phenoxy) is 1. The van der Waals surface area contributed by atoms with Gasteiger partial charge in [0.2, 0.25) is 11.1 Å². The van der Waals surface area contributed by atoms with Gasteiger partial charge in [0.25, 0.3) is 0 Å². The van der Waals surface area contributed by atoms with E-state index in [2.05, 4.69) is 15.5 Å². The first-order chi connectivity index (χ1) is 11.5. The number of amides is 1. The van der Waals surface area contributed by atoms with Crippen LogP contribution in [0.15, 0.2) is 29.4 Å². The van der Waals surface area contributed by atoms with Gasteiger partial charge in [0, 0.05) is 5.69 Å². The van der Waals surface area contributed by atoms with E-state index < -0.39 is 0 Å². The fraction of sp³-hybridized carbons (Fsp3) is 0.333. The van der Waals surface area contributed by atoms with E-state index in [0.717, 1.165) is 6.42 Å². The monoisotopic (exact) mass is 349 g/mol. The first-order valence-corrected chi connectivity index (χ1v) is 8.36. The zero-order chi connectivity index (χ0) is 17.5. The molecule has 0 saturated heterocycles.